The average molecular weight is 304 g/mol. The number of allylic oxidation sites excluding steroid dienone is 1. The molecule has 2 aliphatic rings. The zero-order chi connectivity index (χ0) is 16.1. The molecule has 1 aliphatic carbocycles. The summed E-state index contributed by atoms with van der Waals surface area (Å²) < 4.78 is 10.5. The minimum Gasteiger partial charge on any atom is -0.507 e. The molecule has 0 saturated carbocycles. The van der Waals surface area contributed by atoms with Gasteiger partial charge in [0.15, 0.2) is 0 Å². The lowest BCUT2D eigenvalue weighted by Crippen LogP contribution is -2.62. The number of hydrogen-bond donors (Lipinski definition) is 2. The van der Waals surface area contributed by atoms with Crippen molar-refractivity contribution in [2.45, 2.75) is 25.0 Å². The number of hydrogen-bond acceptors (Lipinski definition) is 6. The van der Waals surface area contributed by atoms with Gasteiger partial charge in [-0.05, 0) is 24.5 Å². The molecular weight excluding hydrogens is 288 g/mol. The summed E-state index contributed by atoms with van der Waals surface area (Å²) in [6, 6.07) is 4.34. The summed E-state index contributed by atoms with van der Waals surface area (Å²) in [4.78, 5) is 25.1. The molecule has 0 radical (unpaired) electrons. The Kier molecular flexibility index (Phi) is 3.21. The van der Waals surface area contributed by atoms with Gasteiger partial charge in [-0.1, -0.05) is 19.1 Å². The topological polar surface area (TPSA) is 93.1 Å². The molecule has 116 valence electrons. The second kappa shape index (κ2) is 4.84. The van der Waals surface area contributed by atoms with Crippen molar-refractivity contribution >= 4 is 11.8 Å². The Bertz CT molecular complexity index is 692. The van der Waals surface area contributed by atoms with Gasteiger partial charge >= 0.3 is 5.97 Å². The molecule has 0 fully saturated rings. The number of aliphatic hydroxyl groups is 1. The van der Waals surface area contributed by atoms with Crippen molar-refractivity contribution < 1.29 is 29.3 Å². The van der Waals surface area contributed by atoms with E-state index in [9.17, 15) is 19.8 Å². The number of ketones is 1. The van der Waals surface area contributed by atoms with Gasteiger partial charge in [0.05, 0.1) is 12.7 Å². The average Bonchev–Trinajstić information content (AvgIpc) is 2.50. The molecule has 0 bridgehead atoms. The molecule has 22 heavy (non-hydrogen) atoms. The summed E-state index contributed by atoms with van der Waals surface area (Å²) in [7, 11) is 1.17. The van der Waals surface area contributed by atoms with Crippen molar-refractivity contribution in [3.8, 4) is 11.5 Å². The number of aromatic hydroxyl groups is 1. The highest BCUT2D eigenvalue weighted by atomic mass is 16.6. The second-order valence-electron chi connectivity index (χ2n) is 5.58. The number of ether oxygens (including phenoxy) is 2. The molecule has 0 amide bonds. The van der Waals surface area contributed by atoms with Crippen LogP contribution in [0.4, 0.5) is 0 Å². The van der Waals surface area contributed by atoms with E-state index in [1.165, 1.54) is 25.3 Å². The molecule has 1 aromatic carbocycles. The van der Waals surface area contributed by atoms with Crippen molar-refractivity contribution in [3.63, 3.8) is 0 Å². The largest absolute Gasteiger partial charge is 0.507 e. The van der Waals surface area contributed by atoms with Crippen LogP contribution in [-0.4, -0.2) is 40.8 Å². The van der Waals surface area contributed by atoms with Crippen LogP contribution < -0.4 is 4.74 Å². The van der Waals surface area contributed by atoms with Gasteiger partial charge in [0, 0.05) is 0 Å². The third kappa shape index (κ3) is 1.70. The fourth-order valence-electron chi connectivity index (χ4n) is 3.09. The van der Waals surface area contributed by atoms with E-state index in [1.807, 2.05) is 0 Å². The number of methoxy groups -OCH3 is 1. The van der Waals surface area contributed by atoms with Gasteiger partial charge in [-0.2, -0.15) is 0 Å². The van der Waals surface area contributed by atoms with Crippen LogP contribution in [0.5, 0.6) is 11.5 Å². The Labute approximate surface area is 127 Å². The lowest BCUT2D eigenvalue weighted by atomic mass is 9.71. The predicted molar refractivity (Wildman–Crippen MR) is 75.7 cm³/mol. The number of aliphatic hydroxyl groups excluding tert-OH is 1. The number of carbonyl (C=O) groups excluding carboxylic acids is 2. The normalized spacial score (nSPS) is 29.8. The maximum Gasteiger partial charge on any atom is 0.357 e. The van der Waals surface area contributed by atoms with Gasteiger partial charge in [0.1, 0.15) is 23.2 Å². The lowest BCUT2D eigenvalue weighted by Gasteiger charge is -2.44. The van der Waals surface area contributed by atoms with Crippen molar-refractivity contribution in [1.82, 2.24) is 0 Å². The van der Waals surface area contributed by atoms with Crippen LogP contribution in [0.3, 0.4) is 0 Å². The summed E-state index contributed by atoms with van der Waals surface area (Å²) in [6.45, 7) is 1.76. The van der Waals surface area contributed by atoms with Crippen LogP contribution in [0, 0.1) is 5.92 Å². The predicted octanol–water partition coefficient (Wildman–Crippen LogP) is 1.21. The number of phenolic OH excluding ortho intramolecular Hbond substituents is 1. The minimum atomic E-state index is -1.88. The monoisotopic (exact) mass is 304 g/mol. The van der Waals surface area contributed by atoms with Gasteiger partial charge < -0.3 is 19.7 Å². The Hall–Kier alpha value is -2.34. The summed E-state index contributed by atoms with van der Waals surface area (Å²) in [5.74, 6) is -1.82. The number of esters is 1. The lowest BCUT2D eigenvalue weighted by molar-refractivity contribution is -0.169. The van der Waals surface area contributed by atoms with Gasteiger partial charge in [-0.25, -0.2) is 4.79 Å². The molecule has 2 N–H and O–H groups in total. The van der Waals surface area contributed by atoms with Crippen molar-refractivity contribution in [3.05, 3.63) is 35.4 Å². The van der Waals surface area contributed by atoms with Gasteiger partial charge in [-0.3, -0.25) is 4.79 Å². The van der Waals surface area contributed by atoms with Crippen molar-refractivity contribution in [2.24, 2.45) is 5.92 Å². The fraction of sp³-hybridized carbons (Fsp3) is 0.375. The molecule has 0 saturated heterocycles. The summed E-state index contributed by atoms with van der Waals surface area (Å²) >= 11 is 0. The third-order valence-electron chi connectivity index (χ3n) is 4.28. The standard InChI is InChI=1S/C16H16O6/c1-8-6-7-9-13(18)12-10(17)4-3-5-11(12)22-16(9,14(8)19)15(20)21-2/h3-5,7-8,14,17,19H,6H2,1-2H3. The smallest absolute Gasteiger partial charge is 0.357 e. The fourth-order valence-corrected chi connectivity index (χ4v) is 3.09. The number of benzene rings is 1. The van der Waals surface area contributed by atoms with E-state index in [4.69, 9.17) is 9.47 Å². The highest BCUT2D eigenvalue weighted by Crippen LogP contribution is 2.46. The molecule has 0 spiro atoms. The highest BCUT2D eigenvalue weighted by Gasteiger charge is 2.60. The van der Waals surface area contributed by atoms with Gasteiger partial charge in [-0.15, -0.1) is 0 Å². The van der Waals surface area contributed by atoms with Crippen LogP contribution in [0.25, 0.3) is 0 Å². The number of phenols is 1. The molecule has 3 rings (SSSR count). The molecule has 6 heteroatoms. The maximum atomic E-state index is 12.7. The number of rotatable bonds is 1. The summed E-state index contributed by atoms with van der Waals surface area (Å²) in [5.41, 5.74) is -1.88. The molecule has 0 aromatic heterocycles. The van der Waals surface area contributed by atoms with Crippen LogP contribution in [0.15, 0.2) is 29.8 Å². The Balaban J connectivity index is 2.27. The Morgan fingerprint density at radius 1 is 1.45 bits per heavy atom. The molecule has 1 aliphatic heterocycles. The second-order valence-corrected chi connectivity index (χ2v) is 5.58. The quantitative estimate of drug-likeness (QED) is 0.757. The van der Waals surface area contributed by atoms with E-state index in [0.29, 0.717) is 6.42 Å². The van der Waals surface area contributed by atoms with Crippen molar-refractivity contribution in [1.29, 1.82) is 0 Å². The SMILES string of the molecule is COC(=O)C12Oc3cccc(O)c3C(=O)C1=CCC(C)C2O. The first-order valence-corrected chi connectivity index (χ1v) is 6.96. The van der Waals surface area contributed by atoms with Crippen LogP contribution in [0.1, 0.15) is 23.7 Å². The summed E-state index contributed by atoms with van der Waals surface area (Å²) in [6.07, 6.45) is 0.777. The molecular formula is C16H16O6. The van der Waals surface area contributed by atoms with E-state index in [-0.39, 0.29) is 28.6 Å². The molecule has 1 aromatic rings. The van der Waals surface area contributed by atoms with Gasteiger partial charge in [0.25, 0.3) is 5.60 Å². The first-order valence-electron chi connectivity index (χ1n) is 6.96. The molecule has 3 atom stereocenters. The zero-order valence-electron chi connectivity index (χ0n) is 12.2. The first kappa shape index (κ1) is 14.6. The Morgan fingerprint density at radius 3 is 2.86 bits per heavy atom. The molecule has 6 nitrogen and oxygen atoms in total. The summed E-state index contributed by atoms with van der Waals surface area (Å²) in [5, 5.41) is 20.5. The van der Waals surface area contributed by atoms with E-state index in [0.717, 1.165) is 0 Å². The van der Waals surface area contributed by atoms with E-state index in [2.05, 4.69) is 0 Å². The third-order valence-corrected chi connectivity index (χ3v) is 4.28. The van der Waals surface area contributed by atoms with Crippen LogP contribution in [-0.2, 0) is 9.53 Å². The van der Waals surface area contributed by atoms with Crippen molar-refractivity contribution in [2.75, 3.05) is 7.11 Å². The van der Waals surface area contributed by atoms with Crippen LogP contribution >= 0.6 is 0 Å². The van der Waals surface area contributed by atoms with E-state index < -0.39 is 23.5 Å². The van der Waals surface area contributed by atoms with Crippen LogP contribution in [0.2, 0.25) is 0 Å². The highest BCUT2D eigenvalue weighted by molar-refractivity contribution is 6.18. The molecule has 3 unspecified atom stereocenters. The number of fused-ring (bicyclic) bond motifs is 2. The Morgan fingerprint density at radius 2 is 2.18 bits per heavy atom. The molecule has 1 heterocycles. The minimum absolute atomic E-state index is 0.00460. The van der Waals surface area contributed by atoms with Gasteiger partial charge in [0.2, 0.25) is 5.78 Å². The van der Waals surface area contributed by atoms with E-state index >= 15 is 0 Å². The maximum absolute atomic E-state index is 12.7. The number of carbonyl (C=O) groups is 2. The van der Waals surface area contributed by atoms with E-state index in [1.54, 1.807) is 13.0 Å². The number of Topliss-reactive ketones (excluding diaryl/α,β-unsaturated/α-hetero) is 1. The zero-order valence-corrected chi connectivity index (χ0v) is 12.2. The first-order chi connectivity index (χ1) is 10.4.